The molecule has 0 saturated carbocycles. The molecular formula is C13H12BrN3O2. The molecule has 2 rings (SSSR count). The van der Waals surface area contributed by atoms with Gasteiger partial charge in [0.25, 0.3) is 5.69 Å². The Morgan fingerprint density at radius 2 is 2.21 bits per heavy atom. The van der Waals surface area contributed by atoms with Crippen LogP contribution in [0.1, 0.15) is 11.1 Å². The predicted molar refractivity (Wildman–Crippen MR) is 77.1 cm³/mol. The van der Waals surface area contributed by atoms with Gasteiger partial charge < -0.3 is 5.32 Å². The number of nitrogens with one attached hydrogen (secondary N) is 1. The minimum Gasteiger partial charge on any atom is -0.375 e. The number of aryl methyl sites for hydroxylation is 1. The van der Waals surface area contributed by atoms with Gasteiger partial charge in [-0.2, -0.15) is 0 Å². The molecule has 0 aliphatic heterocycles. The quantitative estimate of drug-likeness (QED) is 0.689. The number of rotatable bonds is 4. The summed E-state index contributed by atoms with van der Waals surface area (Å²) in [5.74, 6) is 0. The number of pyridine rings is 1. The second kappa shape index (κ2) is 5.79. The molecule has 98 valence electrons. The molecule has 0 radical (unpaired) electrons. The molecule has 6 heteroatoms. The highest BCUT2D eigenvalue weighted by Gasteiger charge is 2.13. The average molecular weight is 322 g/mol. The zero-order chi connectivity index (χ0) is 13.8. The van der Waals surface area contributed by atoms with Crippen LogP contribution >= 0.6 is 15.9 Å². The number of nitro groups is 1. The number of aromatic nitrogens is 1. The molecule has 0 aliphatic carbocycles. The lowest BCUT2D eigenvalue weighted by Crippen LogP contribution is -2.04. The van der Waals surface area contributed by atoms with Gasteiger partial charge in [-0.05, 0) is 36.2 Å². The molecule has 0 spiro atoms. The Bertz CT molecular complexity index is 617. The molecule has 0 saturated heterocycles. The van der Waals surface area contributed by atoms with E-state index in [9.17, 15) is 10.1 Å². The van der Waals surface area contributed by atoms with Crippen molar-refractivity contribution in [3.8, 4) is 0 Å². The van der Waals surface area contributed by atoms with Crippen molar-refractivity contribution in [3.63, 3.8) is 0 Å². The summed E-state index contributed by atoms with van der Waals surface area (Å²) in [6.07, 6.45) is 3.48. The van der Waals surface area contributed by atoms with Crippen LogP contribution in [-0.2, 0) is 6.54 Å². The standard InChI is InChI=1S/C13H12BrN3O2/c1-9-4-5-15-7-10(9)8-16-12-3-2-11(14)6-13(12)17(18)19/h2-7,16H,8H2,1H3. The Labute approximate surface area is 119 Å². The number of nitrogens with zero attached hydrogens (tertiary/aromatic N) is 2. The van der Waals surface area contributed by atoms with Crippen molar-refractivity contribution in [2.45, 2.75) is 13.5 Å². The van der Waals surface area contributed by atoms with Crippen LogP contribution in [0, 0.1) is 17.0 Å². The van der Waals surface area contributed by atoms with Crippen LogP contribution in [0.5, 0.6) is 0 Å². The van der Waals surface area contributed by atoms with Gasteiger partial charge in [0, 0.05) is 29.5 Å². The first-order chi connectivity index (χ1) is 9.08. The van der Waals surface area contributed by atoms with Crippen molar-refractivity contribution in [2.24, 2.45) is 0 Å². The van der Waals surface area contributed by atoms with Crippen molar-refractivity contribution in [2.75, 3.05) is 5.32 Å². The van der Waals surface area contributed by atoms with Gasteiger partial charge in [0.1, 0.15) is 5.69 Å². The molecule has 1 heterocycles. The van der Waals surface area contributed by atoms with Gasteiger partial charge in [-0.25, -0.2) is 0 Å². The highest BCUT2D eigenvalue weighted by Crippen LogP contribution is 2.28. The maximum Gasteiger partial charge on any atom is 0.293 e. The van der Waals surface area contributed by atoms with E-state index in [1.165, 1.54) is 6.07 Å². The third kappa shape index (κ3) is 3.29. The molecule has 0 aliphatic rings. The van der Waals surface area contributed by atoms with Crippen LogP contribution in [0.2, 0.25) is 0 Å². The summed E-state index contributed by atoms with van der Waals surface area (Å²) in [6, 6.07) is 6.85. The molecule has 0 fully saturated rings. The van der Waals surface area contributed by atoms with E-state index in [2.05, 4.69) is 26.2 Å². The molecule has 0 atom stereocenters. The summed E-state index contributed by atoms with van der Waals surface area (Å²) in [5.41, 5.74) is 2.66. The lowest BCUT2D eigenvalue weighted by atomic mass is 10.1. The summed E-state index contributed by atoms with van der Waals surface area (Å²) in [6.45, 7) is 2.48. The Kier molecular flexibility index (Phi) is 4.11. The van der Waals surface area contributed by atoms with Crippen LogP contribution < -0.4 is 5.32 Å². The van der Waals surface area contributed by atoms with E-state index >= 15 is 0 Å². The molecule has 2 aromatic rings. The third-order valence-electron chi connectivity index (χ3n) is 2.77. The number of nitro benzene ring substituents is 1. The predicted octanol–water partition coefficient (Wildman–Crippen LogP) is 3.67. The van der Waals surface area contributed by atoms with Gasteiger partial charge >= 0.3 is 0 Å². The van der Waals surface area contributed by atoms with Gasteiger partial charge in [0.2, 0.25) is 0 Å². The third-order valence-corrected chi connectivity index (χ3v) is 3.27. The van der Waals surface area contributed by atoms with Gasteiger partial charge in [-0.15, -0.1) is 0 Å². The van der Waals surface area contributed by atoms with Crippen molar-refractivity contribution in [3.05, 3.63) is 62.4 Å². The molecule has 1 aromatic heterocycles. The van der Waals surface area contributed by atoms with Gasteiger partial charge in [-0.3, -0.25) is 15.1 Å². The lowest BCUT2D eigenvalue weighted by molar-refractivity contribution is -0.384. The van der Waals surface area contributed by atoms with Crippen molar-refractivity contribution in [1.29, 1.82) is 0 Å². The highest BCUT2D eigenvalue weighted by atomic mass is 79.9. The number of benzene rings is 1. The summed E-state index contributed by atoms with van der Waals surface area (Å²) >= 11 is 3.23. The molecule has 0 unspecified atom stereocenters. The first-order valence-electron chi connectivity index (χ1n) is 5.65. The number of hydrogen-bond donors (Lipinski definition) is 1. The second-order valence-corrected chi connectivity index (χ2v) is 4.99. The van der Waals surface area contributed by atoms with Crippen molar-refractivity contribution < 1.29 is 4.92 Å². The van der Waals surface area contributed by atoms with E-state index in [4.69, 9.17) is 0 Å². The molecular weight excluding hydrogens is 310 g/mol. The van der Waals surface area contributed by atoms with Gasteiger partial charge in [0.05, 0.1) is 4.92 Å². The highest BCUT2D eigenvalue weighted by molar-refractivity contribution is 9.10. The average Bonchev–Trinajstić information content (AvgIpc) is 2.38. The van der Waals surface area contributed by atoms with E-state index < -0.39 is 4.92 Å². The maximum absolute atomic E-state index is 11.0. The molecule has 1 N–H and O–H groups in total. The maximum atomic E-state index is 11.0. The van der Waals surface area contributed by atoms with E-state index in [0.717, 1.165) is 11.1 Å². The summed E-state index contributed by atoms with van der Waals surface area (Å²) in [4.78, 5) is 14.6. The van der Waals surface area contributed by atoms with E-state index in [1.807, 2.05) is 13.0 Å². The summed E-state index contributed by atoms with van der Waals surface area (Å²) < 4.78 is 0.683. The fourth-order valence-electron chi connectivity index (χ4n) is 1.68. The molecule has 0 amide bonds. The van der Waals surface area contributed by atoms with E-state index in [-0.39, 0.29) is 5.69 Å². The van der Waals surface area contributed by atoms with Crippen molar-refractivity contribution >= 4 is 27.3 Å². The van der Waals surface area contributed by atoms with Gasteiger partial charge in [0.15, 0.2) is 0 Å². The number of halogens is 1. The van der Waals surface area contributed by atoms with Crippen molar-refractivity contribution in [1.82, 2.24) is 4.98 Å². The number of anilines is 1. The molecule has 1 aromatic carbocycles. The fourth-order valence-corrected chi connectivity index (χ4v) is 2.03. The van der Waals surface area contributed by atoms with Gasteiger partial charge in [-0.1, -0.05) is 15.9 Å². The Morgan fingerprint density at radius 1 is 1.42 bits per heavy atom. The SMILES string of the molecule is Cc1ccncc1CNc1ccc(Br)cc1[N+](=O)[O-]. The van der Waals surface area contributed by atoms with E-state index in [1.54, 1.807) is 24.5 Å². The fraction of sp³-hybridized carbons (Fsp3) is 0.154. The van der Waals surface area contributed by atoms with Crippen LogP contribution in [-0.4, -0.2) is 9.91 Å². The van der Waals surface area contributed by atoms with Crippen LogP contribution in [0.25, 0.3) is 0 Å². The zero-order valence-corrected chi connectivity index (χ0v) is 11.8. The van der Waals surface area contributed by atoms with Crippen LogP contribution in [0.4, 0.5) is 11.4 Å². The minimum absolute atomic E-state index is 0.0518. The lowest BCUT2D eigenvalue weighted by Gasteiger charge is -2.09. The Morgan fingerprint density at radius 3 is 2.89 bits per heavy atom. The normalized spacial score (nSPS) is 10.2. The first kappa shape index (κ1) is 13.5. The summed E-state index contributed by atoms with van der Waals surface area (Å²) in [5, 5.41) is 14.1. The van der Waals surface area contributed by atoms with Crippen LogP contribution in [0.15, 0.2) is 41.1 Å². The minimum atomic E-state index is -0.400. The largest absolute Gasteiger partial charge is 0.375 e. The first-order valence-corrected chi connectivity index (χ1v) is 6.44. The number of hydrogen-bond acceptors (Lipinski definition) is 4. The van der Waals surface area contributed by atoms with Crippen LogP contribution in [0.3, 0.4) is 0 Å². The zero-order valence-electron chi connectivity index (χ0n) is 10.3. The second-order valence-electron chi connectivity index (χ2n) is 4.07. The monoisotopic (exact) mass is 321 g/mol. The molecule has 19 heavy (non-hydrogen) atoms. The topological polar surface area (TPSA) is 68.1 Å². The summed E-state index contributed by atoms with van der Waals surface area (Å²) in [7, 11) is 0. The smallest absolute Gasteiger partial charge is 0.293 e. The Balaban J connectivity index is 2.20. The van der Waals surface area contributed by atoms with E-state index in [0.29, 0.717) is 16.7 Å². The molecule has 5 nitrogen and oxygen atoms in total. The Hall–Kier alpha value is -1.95. The molecule has 0 bridgehead atoms.